The number of aliphatic hydroxyl groups is 1. The predicted molar refractivity (Wildman–Crippen MR) is 92.8 cm³/mol. The van der Waals surface area contributed by atoms with Gasteiger partial charge >= 0.3 is 0 Å². The zero-order valence-electron chi connectivity index (χ0n) is 13.3. The number of aromatic amines is 1. The summed E-state index contributed by atoms with van der Waals surface area (Å²) in [4.78, 5) is 10.5. The van der Waals surface area contributed by atoms with Crippen molar-refractivity contribution < 1.29 is 5.11 Å². The number of benzene rings is 1. The number of aliphatic hydroxyl groups excluding tert-OH is 1. The number of nitrogens with one attached hydrogen (secondary N) is 1. The average Bonchev–Trinajstić information content (AvgIpc) is 2.91. The second-order valence-electron chi connectivity index (χ2n) is 6.20. The van der Waals surface area contributed by atoms with Crippen LogP contribution < -0.4 is 4.90 Å². The van der Waals surface area contributed by atoms with Crippen molar-refractivity contribution in [2.24, 2.45) is 0 Å². The van der Waals surface area contributed by atoms with E-state index in [1.54, 1.807) is 0 Å². The highest BCUT2D eigenvalue weighted by Gasteiger charge is 2.20. The third-order valence-corrected chi connectivity index (χ3v) is 4.81. The normalized spacial score (nSPS) is 14.3. The Morgan fingerprint density at radius 1 is 1.22 bits per heavy atom. The Morgan fingerprint density at radius 2 is 2.04 bits per heavy atom. The van der Waals surface area contributed by atoms with Gasteiger partial charge in [-0.15, -0.1) is 0 Å². The second kappa shape index (κ2) is 5.70. The molecule has 0 unspecified atom stereocenters. The molecular formula is C19H21N3O. The van der Waals surface area contributed by atoms with Crippen molar-refractivity contribution in [3.63, 3.8) is 0 Å². The van der Waals surface area contributed by atoms with Crippen LogP contribution in [0.15, 0.2) is 36.5 Å². The van der Waals surface area contributed by atoms with Gasteiger partial charge in [-0.05, 0) is 42.5 Å². The number of aromatic nitrogens is 2. The number of hydrogen-bond donors (Lipinski definition) is 2. The van der Waals surface area contributed by atoms with E-state index in [1.165, 1.54) is 22.1 Å². The van der Waals surface area contributed by atoms with E-state index < -0.39 is 0 Å². The van der Waals surface area contributed by atoms with Gasteiger partial charge in [0.15, 0.2) is 5.82 Å². The van der Waals surface area contributed by atoms with Crippen molar-refractivity contribution in [1.29, 1.82) is 0 Å². The molecule has 23 heavy (non-hydrogen) atoms. The number of fused-ring (bicyclic) bond motifs is 2. The van der Waals surface area contributed by atoms with Gasteiger partial charge in [0, 0.05) is 37.0 Å². The molecule has 4 rings (SSSR count). The molecule has 2 aromatic heterocycles. The highest BCUT2D eigenvalue weighted by atomic mass is 16.2. The van der Waals surface area contributed by atoms with Gasteiger partial charge in [0.25, 0.3) is 0 Å². The first kappa shape index (κ1) is 14.3. The third kappa shape index (κ3) is 2.39. The zero-order chi connectivity index (χ0) is 15.8. The summed E-state index contributed by atoms with van der Waals surface area (Å²) in [6.07, 6.45) is 3.61. The number of pyridine rings is 1. The lowest BCUT2D eigenvalue weighted by Gasteiger charge is -2.30. The standard InChI is InChI=1S/C19H21N3O/c1-13-16(8-11-23)17-6-9-20-19(18(17)21-13)22-10-7-14-4-2-3-5-15(14)12-22/h2-6,9,21,23H,7-8,10-12H2,1H3. The van der Waals surface area contributed by atoms with Gasteiger partial charge in [-0.2, -0.15) is 0 Å². The molecule has 0 spiro atoms. The molecule has 2 N–H and O–H groups in total. The average molecular weight is 307 g/mol. The summed E-state index contributed by atoms with van der Waals surface area (Å²) in [5.41, 5.74) is 6.24. The molecule has 0 fully saturated rings. The molecule has 0 atom stereocenters. The first-order chi connectivity index (χ1) is 11.3. The highest BCUT2D eigenvalue weighted by molar-refractivity contribution is 5.93. The molecule has 0 amide bonds. The van der Waals surface area contributed by atoms with Crippen molar-refractivity contribution >= 4 is 16.7 Å². The fourth-order valence-electron chi connectivity index (χ4n) is 3.64. The molecular weight excluding hydrogens is 286 g/mol. The van der Waals surface area contributed by atoms with Gasteiger partial charge in [0.2, 0.25) is 0 Å². The lowest BCUT2D eigenvalue weighted by molar-refractivity contribution is 0.300. The van der Waals surface area contributed by atoms with E-state index in [0.717, 1.165) is 36.5 Å². The van der Waals surface area contributed by atoms with Crippen molar-refractivity contribution in [1.82, 2.24) is 9.97 Å². The number of nitrogens with zero attached hydrogens (tertiary/aromatic N) is 2. The summed E-state index contributed by atoms with van der Waals surface area (Å²) < 4.78 is 0. The molecule has 0 saturated heterocycles. The van der Waals surface area contributed by atoms with Crippen LogP contribution in [0.2, 0.25) is 0 Å². The Labute approximate surface area is 135 Å². The fourth-order valence-corrected chi connectivity index (χ4v) is 3.64. The summed E-state index contributed by atoms with van der Waals surface area (Å²) in [6.45, 7) is 4.12. The van der Waals surface area contributed by atoms with Crippen molar-refractivity contribution in [3.8, 4) is 0 Å². The van der Waals surface area contributed by atoms with E-state index in [0.29, 0.717) is 6.42 Å². The van der Waals surface area contributed by atoms with Crippen LogP contribution in [0.1, 0.15) is 22.4 Å². The third-order valence-electron chi connectivity index (χ3n) is 4.81. The number of aryl methyl sites for hydroxylation is 1. The Bertz CT molecular complexity index is 853. The monoisotopic (exact) mass is 307 g/mol. The topological polar surface area (TPSA) is 52.2 Å². The summed E-state index contributed by atoms with van der Waals surface area (Å²) >= 11 is 0. The van der Waals surface area contributed by atoms with E-state index >= 15 is 0 Å². The number of rotatable bonds is 3. The number of H-pyrrole nitrogens is 1. The van der Waals surface area contributed by atoms with E-state index in [2.05, 4.69) is 46.1 Å². The van der Waals surface area contributed by atoms with Gasteiger partial charge < -0.3 is 15.0 Å². The van der Waals surface area contributed by atoms with Crippen molar-refractivity contribution in [2.45, 2.75) is 26.3 Å². The summed E-state index contributed by atoms with van der Waals surface area (Å²) in [5, 5.41) is 10.5. The first-order valence-corrected chi connectivity index (χ1v) is 8.16. The van der Waals surface area contributed by atoms with Crippen LogP contribution in [0.25, 0.3) is 10.9 Å². The van der Waals surface area contributed by atoms with E-state index in [4.69, 9.17) is 0 Å². The van der Waals surface area contributed by atoms with Crippen LogP contribution in [-0.4, -0.2) is 28.2 Å². The molecule has 1 aliphatic heterocycles. The lowest BCUT2D eigenvalue weighted by atomic mass is 10.00. The van der Waals surface area contributed by atoms with Crippen LogP contribution >= 0.6 is 0 Å². The van der Waals surface area contributed by atoms with Gasteiger partial charge in [-0.1, -0.05) is 24.3 Å². The smallest absolute Gasteiger partial charge is 0.153 e. The van der Waals surface area contributed by atoms with Crippen LogP contribution in [0.5, 0.6) is 0 Å². The highest BCUT2D eigenvalue weighted by Crippen LogP contribution is 2.31. The Hall–Kier alpha value is -2.33. The molecule has 3 heterocycles. The van der Waals surface area contributed by atoms with Crippen molar-refractivity contribution in [2.75, 3.05) is 18.1 Å². The summed E-state index contributed by atoms with van der Waals surface area (Å²) in [7, 11) is 0. The molecule has 118 valence electrons. The van der Waals surface area contributed by atoms with Crippen LogP contribution in [-0.2, 0) is 19.4 Å². The molecule has 0 aliphatic carbocycles. The van der Waals surface area contributed by atoms with E-state index in [1.807, 2.05) is 12.3 Å². The predicted octanol–water partition coefficient (Wildman–Crippen LogP) is 2.97. The molecule has 3 aromatic rings. The molecule has 0 bridgehead atoms. The lowest BCUT2D eigenvalue weighted by Crippen LogP contribution is -2.31. The Balaban J connectivity index is 1.77. The molecule has 4 nitrogen and oxygen atoms in total. The molecule has 1 aromatic carbocycles. The van der Waals surface area contributed by atoms with Gasteiger partial charge in [-0.3, -0.25) is 0 Å². The van der Waals surface area contributed by atoms with E-state index in [-0.39, 0.29) is 6.61 Å². The minimum Gasteiger partial charge on any atom is -0.396 e. The van der Waals surface area contributed by atoms with E-state index in [9.17, 15) is 5.11 Å². The largest absolute Gasteiger partial charge is 0.396 e. The molecule has 0 radical (unpaired) electrons. The minimum absolute atomic E-state index is 0.169. The zero-order valence-corrected chi connectivity index (χ0v) is 13.3. The maximum absolute atomic E-state index is 9.31. The Kier molecular flexibility index (Phi) is 3.54. The SMILES string of the molecule is Cc1[nH]c2c(N3CCc4ccccc4C3)nccc2c1CCO. The maximum Gasteiger partial charge on any atom is 0.153 e. The van der Waals surface area contributed by atoms with Gasteiger partial charge in [0.1, 0.15) is 0 Å². The van der Waals surface area contributed by atoms with Gasteiger partial charge in [-0.25, -0.2) is 4.98 Å². The van der Waals surface area contributed by atoms with Gasteiger partial charge in [0.05, 0.1) is 5.52 Å². The molecule has 4 heteroatoms. The van der Waals surface area contributed by atoms with Crippen LogP contribution in [0.3, 0.4) is 0 Å². The van der Waals surface area contributed by atoms with Crippen LogP contribution in [0.4, 0.5) is 5.82 Å². The Morgan fingerprint density at radius 3 is 2.87 bits per heavy atom. The number of hydrogen-bond acceptors (Lipinski definition) is 3. The number of anilines is 1. The molecule has 0 saturated carbocycles. The minimum atomic E-state index is 0.169. The van der Waals surface area contributed by atoms with Crippen LogP contribution in [0, 0.1) is 6.92 Å². The molecule has 1 aliphatic rings. The van der Waals surface area contributed by atoms with Crippen molar-refractivity contribution in [3.05, 3.63) is 58.9 Å². The first-order valence-electron chi connectivity index (χ1n) is 8.16. The summed E-state index contributed by atoms with van der Waals surface area (Å²) in [5.74, 6) is 1.02. The fraction of sp³-hybridized carbons (Fsp3) is 0.316. The second-order valence-corrected chi connectivity index (χ2v) is 6.20. The quantitative estimate of drug-likeness (QED) is 0.782. The maximum atomic E-state index is 9.31. The summed E-state index contributed by atoms with van der Waals surface area (Å²) in [6, 6.07) is 10.7.